The van der Waals surface area contributed by atoms with Gasteiger partial charge in [0.2, 0.25) is 9.84 Å². The molecule has 0 N–H and O–H groups in total. The van der Waals surface area contributed by atoms with Gasteiger partial charge in [-0.1, -0.05) is 84.9 Å². The molecule has 4 heteroatoms. The largest absolute Gasteiger partial charge is 0.244 e. The van der Waals surface area contributed by atoms with Crippen molar-refractivity contribution in [1.82, 2.24) is 4.98 Å². The number of hydrogen-bond donors (Lipinski definition) is 0. The minimum Gasteiger partial charge on any atom is -0.244 e. The van der Waals surface area contributed by atoms with E-state index < -0.39 is 15.3 Å². The Balaban J connectivity index is 1.60. The Morgan fingerprint density at radius 3 is 1.56 bits per heavy atom. The van der Waals surface area contributed by atoms with Crippen LogP contribution < -0.4 is 0 Å². The van der Waals surface area contributed by atoms with Crippen molar-refractivity contribution in [2.75, 3.05) is 0 Å². The second kappa shape index (κ2) is 6.75. The zero-order valence-electron chi connectivity index (χ0n) is 18.1. The molecule has 0 unspecified atom stereocenters. The van der Waals surface area contributed by atoms with E-state index in [1.807, 2.05) is 18.2 Å². The van der Waals surface area contributed by atoms with Crippen LogP contribution in [0.25, 0.3) is 22.3 Å². The van der Waals surface area contributed by atoms with E-state index in [0.29, 0.717) is 0 Å². The first kappa shape index (κ1) is 19.4. The van der Waals surface area contributed by atoms with E-state index in [2.05, 4.69) is 71.7 Å². The zero-order chi connectivity index (χ0) is 22.9. The number of hydrogen-bond acceptors (Lipinski definition) is 3. The Labute approximate surface area is 198 Å². The molecule has 0 amide bonds. The summed E-state index contributed by atoms with van der Waals surface area (Å²) in [6, 6.07) is 35.9. The highest BCUT2D eigenvalue weighted by atomic mass is 32.2. The van der Waals surface area contributed by atoms with E-state index in [0.717, 1.165) is 16.7 Å². The predicted molar refractivity (Wildman–Crippen MR) is 132 cm³/mol. The average molecular weight is 458 g/mol. The van der Waals surface area contributed by atoms with Crippen LogP contribution >= 0.6 is 0 Å². The minimum atomic E-state index is -3.76. The third-order valence-corrected chi connectivity index (χ3v) is 8.86. The summed E-state index contributed by atoms with van der Waals surface area (Å²) in [6.45, 7) is 0. The Bertz CT molecular complexity index is 1660. The molecule has 0 saturated heterocycles. The third-order valence-electron chi connectivity index (χ3n) is 7.19. The molecular formula is C30H19NO2S. The number of benzene rings is 4. The van der Waals surface area contributed by atoms with Crippen LogP contribution in [0.3, 0.4) is 0 Å². The highest BCUT2D eigenvalue weighted by Crippen LogP contribution is 2.62. The second-order valence-corrected chi connectivity index (χ2v) is 10.7. The molecule has 0 fully saturated rings. The Morgan fingerprint density at radius 1 is 0.529 bits per heavy atom. The number of sulfone groups is 1. The van der Waals surface area contributed by atoms with Gasteiger partial charge in [-0.15, -0.1) is 0 Å². The van der Waals surface area contributed by atoms with E-state index in [-0.39, 0.29) is 9.92 Å². The summed E-state index contributed by atoms with van der Waals surface area (Å²) < 4.78 is 27.1. The molecular weight excluding hydrogens is 438 g/mol. The van der Waals surface area contributed by atoms with Crippen molar-refractivity contribution >= 4 is 9.84 Å². The maximum absolute atomic E-state index is 13.5. The fourth-order valence-electron chi connectivity index (χ4n) is 5.87. The first-order valence-corrected chi connectivity index (χ1v) is 12.7. The Hall–Kier alpha value is -4.02. The molecule has 5 aromatic rings. The lowest BCUT2D eigenvalue weighted by atomic mass is 9.70. The van der Waals surface area contributed by atoms with Gasteiger partial charge < -0.3 is 0 Å². The molecule has 34 heavy (non-hydrogen) atoms. The quantitative estimate of drug-likeness (QED) is 0.308. The van der Waals surface area contributed by atoms with Crippen LogP contribution in [-0.2, 0) is 15.3 Å². The average Bonchev–Trinajstić information content (AvgIpc) is 3.36. The lowest BCUT2D eigenvalue weighted by molar-refractivity contribution is 0.592. The summed E-state index contributed by atoms with van der Waals surface area (Å²) in [5.74, 6) is 0. The van der Waals surface area contributed by atoms with Crippen LogP contribution in [0.5, 0.6) is 0 Å². The molecule has 0 atom stereocenters. The van der Waals surface area contributed by atoms with Crippen LogP contribution in [-0.4, -0.2) is 13.4 Å². The van der Waals surface area contributed by atoms with Gasteiger partial charge >= 0.3 is 0 Å². The first-order chi connectivity index (χ1) is 16.6. The number of fused-ring (bicyclic) bond motifs is 10. The summed E-state index contributed by atoms with van der Waals surface area (Å²) in [5.41, 5.74) is 8.61. The van der Waals surface area contributed by atoms with E-state index >= 15 is 0 Å². The summed E-state index contributed by atoms with van der Waals surface area (Å²) in [4.78, 5) is 4.40. The van der Waals surface area contributed by atoms with Gasteiger partial charge in [-0.05, 0) is 68.8 Å². The highest BCUT2D eigenvalue weighted by Gasteiger charge is 2.51. The van der Waals surface area contributed by atoms with E-state index in [4.69, 9.17) is 0 Å². The van der Waals surface area contributed by atoms with Gasteiger partial charge in [0.1, 0.15) is 0 Å². The van der Waals surface area contributed by atoms with E-state index in [9.17, 15) is 8.42 Å². The van der Waals surface area contributed by atoms with Crippen molar-refractivity contribution in [3.05, 3.63) is 138 Å². The van der Waals surface area contributed by atoms with Crippen molar-refractivity contribution in [3.63, 3.8) is 0 Å². The van der Waals surface area contributed by atoms with Crippen LogP contribution in [0.4, 0.5) is 0 Å². The number of aromatic nitrogens is 1. The fraction of sp³-hybridized carbons (Fsp3) is 0.0333. The van der Waals surface area contributed by atoms with Gasteiger partial charge in [0, 0.05) is 6.20 Å². The van der Waals surface area contributed by atoms with Crippen LogP contribution in [0, 0.1) is 0 Å². The second-order valence-electron chi connectivity index (χ2n) is 8.77. The molecule has 7 rings (SSSR count). The Kier molecular flexibility index (Phi) is 3.86. The SMILES string of the molecule is O=S(=O)(c1ccc2c(c1)C1(c3ccccc3-c3ccccc31)c1ccccc1-2)c1ccccn1. The van der Waals surface area contributed by atoms with Gasteiger partial charge in [-0.2, -0.15) is 0 Å². The number of nitrogens with zero attached hydrogens (tertiary/aromatic N) is 1. The van der Waals surface area contributed by atoms with Crippen LogP contribution in [0.2, 0.25) is 0 Å². The monoisotopic (exact) mass is 457 g/mol. The normalized spacial score (nSPS) is 14.4. The predicted octanol–water partition coefficient (Wildman–Crippen LogP) is 6.26. The van der Waals surface area contributed by atoms with Crippen LogP contribution in [0.15, 0.2) is 125 Å². The number of rotatable bonds is 2. The third kappa shape index (κ3) is 2.31. The van der Waals surface area contributed by atoms with Gasteiger partial charge in [0.05, 0.1) is 10.3 Å². The molecule has 2 aliphatic carbocycles. The topological polar surface area (TPSA) is 47.0 Å². The lowest BCUT2D eigenvalue weighted by Gasteiger charge is -2.30. The zero-order valence-corrected chi connectivity index (χ0v) is 19.0. The maximum atomic E-state index is 13.5. The molecule has 1 heterocycles. The molecule has 3 nitrogen and oxygen atoms in total. The summed E-state index contributed by atoms with van der Waals surface area (Å²) >= 11 is 0. The van der Waals surface area contributed by atoms with Gasteiger partial charge in [0.25, 0.3) is 0 Å². The smallest absolute Gasteiger partial charge is 0.223 e. The lowest BCUT2D eigenvalue weighted by Crippen LogP contribution is -2.26. The summed E-state index contributed by atoms with van der Waals surface area (Å²) in [6.07, 6.45) is 1.51. The molecule has 0 radical (unpaired) electrons. The molecule has 1 spiro atoms. The first-order valence-electron chi connectivity index (χ1n) is 11.2. The molecule has 0 saturated carbocycles. The maximum Gasteiger partial charge on any atom is 0.223 e. The fourth-order valence-corrected chi connectivity index (χ4v) is 7.09. The van der Waals surface area contributed by atoms with Crippen molar-refractivity contribution in [2.45, 2.75) is 15.3 Å². The molecule has 0 bridgehead atoms. The van der Waals surface area contributed by atoms with E-state index in [1.165, 1.54) is 34.0 Å². The Morgan fingerprint density at radius 2 is 1.03 bits per heavy atom. The molecule has 1 aromatic heterocycles. The van der Waals surface area contributed by atoms with Gasteiger partial charge in [-0.3, -0.25) is 0 Å². The minimum absolute atomic E-state index is 0.0618. The van der Waals surface area contributed by atoms with Crippen molar-refractivity contribution in [2.24, 2.45) is 0 Å². The van der Waals surface area contributed by atoms with Crippen LogP contribution in [0.1, 0.15) is 22.3 Å². The standard InChI is InChI=1S/C30H19NO2S/c32-34(33,29-15-7-8-18-31-29)20-16-17-24-23-11-3-6-14-27(23)30(28(24)19-20)25-12-4-1-9-21(25)22-10-2-5-13-26(22)30/h1-19H. The molecule has 4 aromatic carbocycles. The van der Waals surface area contributed by atoms with Crippen molar-refractivity contribution in [3.8, 4) is 22.3 Å². The van der Waals surface area contributed by atoms with E-state index in [1.54, 1.807) is 24.3 Å². The van der Waals surface area contributed by atoms with Crippen molar-refractivity contribution in [1.29, 1.82) is 0 Å². The summed E-state index contributed by atoms with van der Waals surface area (Å²) in [5, 5.41) is 0.0618. The molecule has 2 aliphatic rings. The molecule has 0 aliphatic heterocycles. The molecule has 162 valence electrons. The van der Waals surface area contributed by atoms with Crippen molar-refractivity contribution < 1.29 is 8.42 Å². The van der Waals surface area contributed by atoms with Gasteiger partial charge in [0.15, 0.2) is 5.03 Å². The number of pyridine rings is 1. The highest BCUT2D eigenvalue weighted by molar-refractivity contribution is 7.91. The summed E-state index contributed by atoms with van der Waals surface area (Å²) in [7, 11) is -3.76. The van der Waals surface area contributed by atoms with Gasteiger partial charge in [-0.25, -0.2) is 13.4 Å².